The van der Waals surface area contributed by atoms with Crippen molar-refractivity contribution in [1.82, 2.24) is 0 Å². The minimum absolute atomic E-state index is 0.187. The van der Waals surface area contributed by atoms with Crippen LogP contribution in [0.4, 0.5) is 14.5 Å². The predicted molar refractivity (Wildman–Crippen MR) is 42.7 cm³/mol. The van der Waals surface area contributed by atoms with Crippen LogP contribution in [-0.2, 0) is 5.92 Å². The number of alkyl halides is 2. The zero-order valence-electron chi connectivity index (χ0n) is 6.83. The Balaban J connectivity index is 3.01. The highest BCUT2D eigenvalue weighted by molar-refractivity contribution is 5.34. The van der Waals surface area contributed by atoms with Crippen LogP contribution in [0, 0.1) is 10.1 Å². The summed E-state index contributed by atoms with van der Waals surface area (Å²) in [6.07, 6.45) is 0. The second-order valence-electron chi connectivity index (χ2n) is 2.69. The Morgan fingerprint density at radius 2 is 1.77 bits per heavy atom. The fraction of sp³-hybridized carbons (Fsp3) is 0.250. The Morgan fingerprint density at radius 3 is 2.08 bits per heavy atom. The first kappa shape index (κ1) is 9.57. The van der Waals surface area contributed by atoms with Gasteiger partial charge in [0.2, 0.25) is 0 Å². The van der Waals surface area contributed by atoms with E-state index in [9.17, 15) is 18.9 Å². The smallest absolute Gasteiger partial charge is 0.258 e. The molecule has 1 rings (SSSR count). The van der Waals surface area contributed by atoms with Crippen LogP contribution >= 0.6 is 0 Å². The van der Waals surface area contributed by atoms with E-state index in [4.69, 9.17) is 0 Å². The highest BCUT2D eigenvalue weighted by Gasteiger charge is 2.24. The van der Waals surface area contributed by atoms with Gasteiger partial charge >= 0.3 is 0 Å². The average Bonchev–Trinajstić information content (AvgIpc) is 2.03. The Bertz CT molecular complexity index is 316. The maximum atomic E-state index is 12.6. The molecule has 0 aliphatic carbocycles. The summed E-state index contributed by atoms with van der Waals surface area (Å²) in [7, 11) is 0. The molecule has 0 aliphatic rings. The molecule has 0 aromatic heterocycles. The number of hydrogen-bond acceptors (Lipinski definition) is 2. The van der Waals surface area contributed by atoms with Gasteiger partial charge in [-0.25, -0.2) is 8.78 Å². The molecule has 0 saturated heterocycles. The molecule has 1 aromatic rings. The van der Waals surface area contributed by atoms with Gasteiger partial charge in [-0.3, -0.25) is 10.1 Å². The van der Waals surface area contributed by atoms with Gasteiger partial charge in [-0.15, -0.1) is 0 Å². The van der Waals surface area contributed by atoms with E-state index in [0.29, 0.717) is 0 Å². The van der Waals surface area contributed by atoms with Crippen LogP contribution in [0.25, 0.3) is 0 Å². The minimum atomic E-state index is -2.95. The van der Waals surface area contributed by atoms with Gasteiger partial charge in [-0.05, 0) is 12.1 Å². The molecular weight excluding hydrogens is 180 g/mol. The van der Waals surface area contributed by atoms with E-state index in [2.05, 4.69) is 0 Å². The first-order valence-electron chi connectivity index (χ1n) is 3.54. The molecule has 0 heterocycles. The summed E-state index contributed by atoms with van der Waals surface area (Å²) >= 11 is 0. The van der Waals surface area contributed by atoms with Crippen LogP contribution in [0.3, 0.4) is 0 Å². The van der Waals surface area contributed by atoms with Crippen molar-refractivity contribution >= 4 is 5.69 Å². The van der Waals surface area contributed by atoms with Crippen molar-refractivity contribution in [1.29, 1.82) is 0 Å². The quantitative estimate of drug-likeness (QED) is 0.527. The maximum absolute atomic E-state index is 12.6. The predicted octanol–water partition coefficient (Wildman–Crippen LogP) is 2.71. The van der Waals surface area contributed by atoms with E-state index in [-0.39, 0.29) is 11.3 Å². The molecule has 0 amide bonds. The molecule has 0 aliphatic heterocycles. The van der Waals surface area contributed by atoms with Crippen LogP contribution in [0.15, 0.2) is 24.3 Å². The third-order valence-electron chi connectivity index (χ3n) is 1.59. The van der Waals surface area contributed by atoms with Gasteiger partial charge < -0.3 is 0 Å². The van der Waals surface area contributed by atoms with Crippen molar-refractivity contribution in [3.05, 3.63) is 39.9 Å². The lowest BCUT2D eigenvalue weighted by Crippen LogP contribution is -2.06. The van der Waals surface area contributed by atoms with E-state index < -0.39 is 10.8 Å². The second kappa shape index (κ2) is 3.08. The van der Waals surface area contributed by atoms with Crippen molar-refractivity contribution in [2.24, 2.45) is 0 Å². The lowest BCUT2D eigenvalue weighted by Gasteiger charge is -2.08. The van der Waals surface area contributed by atoms with Gasteiger partial charge in [0.15, 0.2) is 0 Å². The number of rotatable bonds is 2. The van der Waals surface area contributed by atoms with Crippen molar-refractivity contribution in [2.45, 2.75) is 12.8 Å². The number of nitro groups is 1. The fourth-order valence-corrected chi connectivity index (χ4v) is 0.876. The molecule has 13 heavy (non-hydrogen) atoms. The Morgan fingerprint density at radius 1 is 1.31 bits per heavy atom. The summed E-state index contributed by atoms with van der Waals surface area (Å²) in [5, 5.41) is 10.2. The molecule has 0 unspecified atom stereocenters. The van der Waals surface area contributed by atoms with Crippen molar-refractivity contribution in [3.8, 4) is 0 Å². The van der Waals surface area contributed by atoms with Gasteiger partial charge in [0.05, 0.1) is 4.92 Å². The first-order valence-corrected chi connectivity index (χ1v) is 3.54. The summed E-state index contributed by atoms with van der Waals surface area (Å²) in [6, 6.07) is 4.23. The highest BCUT2D eigenvalue weighted by Crippen LogP contribution is 2.27. The summed E-state index contributed by atoms with van der Waals surface area (Å²) in [6.45, 7) is 0.744. The van der Waals surface area contributed by atoms with Crippen molar-refractivity contribution in [3.63, 3.8) is 0 Å². The number of hydrogen-bond donors (Lipinski definition) is 0. The van der Waals surface area contributed by atoms with Crippen LogP contribution < -0.4 is 0 Å². The zero-order chi connectivity index (χ0) is 10.1. The van der Waals surface area contributed by atoms with Gasteiger partial charge in [-0.1, -0.05) is 0 Å². The standard InChI is InChI=1S/C8H7F2NO2/c1-8(9,10)6-2-4-7(5-3-6)11(12)13/h2-5H,1H3. The fourth-order valence-electron chi connectivity index (χ4n) is 0.876. The van der Waals surface area contributed by atoms with Crippen LogP contribution in [-0.4, -0.2) is 4.92 Å². The molecule has 0 saturated carbocycles. The minimum Gasteiger partial charge on any atom is -0.258 e. The van der Waals surface area contributed by atoms with E-state index in [1.165, 1.54) is 0 Å². The lowest BCUT2D eigenvalue weighted by atomic mass is 10.1. The number of halogens is 2. The molecule has 3 nitrogen and oxygen atoms in total. The van der Waals surface area contributed by atoms with E-state index in [0.717, 1.165) is 31.2 Å². The molecule has 0 radical (unpaired) electrons. The third kappa shape index (κ3) is 2.21. The number of nitro benzene ring substituents is 1. The monoisotopic (exact) mass is 187 g/mol. The molecule has 0 fully saturated rings. The highest BCUT2D eigenvalue weighted by atomic mass is 19.3. The molecule has 0 atom stereocenters. The second-order valence-corrected chi connectivity index (χ2v) is 2.69. The Kier molecular flexibility index (Phi) is 2.27. The number of benzene rings is 1. The third-order valence-corrected chi connectivity index (χ3v) is 1.59. The van der Waals surface area contributed by atoms with Crippen LogP contribution in [0.1, 0.15) is 12.5 Å². The molecule has 0 bridgehead atoms. The van der Waals surface area contributed by atoms with Gasteiger partial charge in [0, 0.05) is 24.6 Å². The van der Waals surface area contributed by atoms with E-state index in [1.807, 2.05) is 0 Å². The SMILES string of the molecule is CC(F)(F)c1ccc([N+](=O)[O-])cc1. The maximum Gasteiger partial charge on any atom is 0.270 e. The molecule has 70 valence electrons. The van der Waals surface area contributed by atoms with E-state index >= 15 is 0 Å². The molecule has 5 heteroatoms. The average molecular weight is 187 g/mol. The summed E-state index contributed by atoms with van der Waals surface area (Å²) < 4.78 is 25.2. The van der Waals surface area contributed by atoms with Crippen molar-refractivity contribution < 1.29 is 13.7 Å². The summed E-state index contributed by atoms with van der Waals surface area (Å²) in [5.74, 6) is -2.95. The zero-order valence-corrected chi connectivity index (χ0v) is 6.83. The molecular formula is C8H7F2NO2. The Labute approximate surface area is 73.1 Å². The van der Waals surface area contributed by atoms with Crippen LogP contribution in [0.5, 0.6) is 0 Å². The number of nitrogens with zero attached hydrogens (tertiary/aromatic N) is 1. The van der Waals surface area contributed by atoms with Gasteiger partial charge in [0.25, 0.3) is 11.6 Å². The first-order chi connectivity index (χ1) is 5.91. The van der Waals surface area contributed by atoms with Crippen LogP contribution in [0.2, 0.25) is 0 Å². The molecule has 0 N–H and O–H groups in total. The van der Waals surface area contributed by atoms with Gasteiger partial charge in [-0.2, -0.15) is 0 Å². The van der Waals surface area contributed by atoms with E-state index in [1.54, 1.807) is 0 Å². The summed E-state index contributed by atoms with van der Waals surface area (Å²) in [4.78, 5) is 9.55. The topological polar surface area (TPSA) is 43.1 Å². The molecule has 0 spiro atoms. The van der Waals surface area contributed by atoms with Gasteiger partial charge in [0.1, 0.15) is 0 Å². The molecule has 1 aromatic carbocycles. The van der Waals surface area contributed by atoms with Crippen molar-refractivity contribution in [2.75, 3.05) is 0 Å². The largest absolute Gasteiger partial charge is 0.270 e. The Hall–Kier alpha value is -1.52. The normalized spacial score (nSPS) is 11.3. The number of non-ortho nitro benzene ring substituents is 1. The summed E-state index contributed by atoms with van der Waals surface area (Å²) in [5.41, 5.74) is -0.411. The lowest BCUT2D eigenvalue weighted by molar-refractivity contribution is -0.384.